The molecule has 2 aliphatic rings. The molecule has 0 amide bonds. The number of aliphatic hydroxyl groups excluding tert-OH is 1. The maximum absolute atomic E-state index is 10.8. The molecule has 2 aromatic carbocycles. The lowest BCUT2D eigenvalue weighted by molar-refractivity contribution is 0.0870. The predicted molar refractivity (Wildman–Crippen MR) is 82.1 cm³/mol. The van der Waals surface area contributed by atoms with Gasteiger partial charge in [-0.2, -0.15) is 0 Å². The molecule has 2 aromatic rings. The van der Waals surface area contributed by atoms with Crippen LogP contribution < -0.4 is 18.9 Å². The normalized spacial score (nSPS) is 21.1. The SMILES string of the molecule is COc1cc2c(cc1O)OCC(c1cc3c(cc1O)OCO3)C2O. The molecular weight excluding hydrogens is 316 g/mol. The van der Waals surface area contributed by atoms with Crippen LogP contribution in [-0.2, 0) is 0 Å². The third kappa shape index (κ3) is 2.16. The number of aliphatic hydroxyl groups is 1. The van der Waals surface area contributed by atoms with Crippen LogP contribution in [0.5, 0.6) is 34.5 Å². The van der Waals surface area contributed by atoms with Crippen molar-refractivity contribution >= 4 is 0 Å². The monoisotopic (exact) mass is 332 g/mol. The van der Waals surface area contributed by atoms with E-state index in [-0.39, 0.29) is 30.6 Å². The van der Waals surface area contributed by atoms with E-state index in [0.29, 0.717) is 28.4 Å². The van der Waals surface area contributed by atoms with Gasteiger partial charge >= 0.3 is 0 Å². The van der Waals surface area contributed by atoms with Crippen LogP contribution in [0.3, 0.4) is 0 Å². The van der Waals surface area contributed by atoms with Crippen molar-refractivity contribution in [2.45, 2.75) is 12.0 Å². The Hall–Kier alpha value is -2.80. The summed E-state index contributed by atoms with van der Waals surface area (Å²) >= 11 is 0. The van der Waals surface area contributed by atoms with Gasteiger partial charge in [0.1, 0.15) is 11.5 Å². The predicted octanol–water partition coefficient (Wildman–Crippen LogP) is 2.04. The summed E-state index contributed by atoms with van der Waals surface area (Å²) in [6.07, 6.45) is -0.936. The number of benzene rings is 2. The summed E-state index contributed by atoms with van der Waals surface area (Å²) in [6.45, 7) is 0.244. The second kappa shape index (κ2) is 5.38. The summed E-state index contributed by atoms with van der Waals surface area (Å²) < 4.78 is 21.3. The first-order valence-electron chi connectivity index (χ1n) is 7.42. The third-order valence-corrected chi connectivity index (χ3v) is 4.35. The van der Waals surface area contributed by atoms with Crippen molar-refractivity contribution in [2.75, 3.05) is 20.5 Å². The Balaban J connectivity index is 1.74. The molecule has 0 saturated carbocycles. The van der Waals surface area contributed by atoms with Gasteiger partial charge in [-0.25, -0.2) is 0 Å². The van der Waals surface area contributed by atoms with Crippen LogP contribution in [-0.4, -0.2) is 35.8 Å². The van der Waals surface area contributed by atoms with Crippen LogP contribution >= 0.6 is 0 Å². The minimum Gasteiger partial charge on any atom is -0.508 e. The Morgan fingerprint density at radius 3 is 2.38 bits per heavy atom. The lowest BCUT2D eigenvalue weighted by atomic mass is 9.86. The number of rotatable bonds is 2. The number of hydrogen-bond acceptors (Lipinski definition) is 7. The summed E-state index contributed by atoms with van der Waals surface area (Å²) in [5.74, 6) is 1.05. The van der Waals surface area contributed by atoms with Crippen molar-refractivity contribution in [2.24, 2.45) is 0 Å². The number of phenolic OH excluding ortho intramolecular Hbond substituents is 2. The molecule has 0 bridgehead atoms. The van der Waals surface area contributed by atoms with Crippen molar-refractivity contribution in [3.63, 3.8) is 0 Å². The molecule has 24 heavy (non-hydrogen) atoms. The molecule has 2 atom stereocenters. The van der Waals surface area contributed by atoms with Gasteiger partial charge < -0.3 is 34.3 Å². The van der Waals surface area contributed by atoms with Crippen LogP contribution in [0.1, 0.15) is 23.1 Å². The molecule has 2 aliphatic heterocycles. The van der Waals surface area contributed by atoms with E-state index in [0.717, 1.165) is 0 Å². The van der Waals surface area contributed by atoms with Crippen LogP contribution in [0, 0.1) is 0 Å². The van der Waals surface area contributed by atoms with E-state index in [1.807, 2.05) is 0 Å². The van der Waals surface area contributed by atoms with Crippen LogP contribution in [0.2, 0.25) is 0 Å². The van der Waals surface area contributed by atoms with Crippen LogP contribution in [0.15, 0.2) is 24.3 Å². The fourth-order valence-electron chi connectivity index (χ4n) is 3.08. The molecule has 7 heteroatoms. The van der Waals surface area contributed by atoms with E-state index in [9.17, 15) is 15.3 Å². The molecule has 0 radical (unpaired) electrons. The summed E-state index contributed by atoms with van der Waals surface area (Å²) in [5.41, 5.74) is 0.988. The third-order valence-electron chi connectivity index (χ3n) is 4.35. The molecule has 0 spiro atoms. The van der Waals surface area contributed by atoms with Crippen molar-refractivity contribution < 1.29 is 34.3 Å². The Morgan fingerprint density at radius 2 is 1.62 bits per heavy atom. The average molecular weight is 332 g/mol. The minimum absolute atomic E-state index is 0.00101. The van der Waals surface area contributed by atoms with Gasteiger partial charge in [-0.1, -0.05) is 0 Å². The molecule has 7 nitrogen and oxygen atoms in total. The first kappa shape index (κ1) is 14.8. The quantitative estimate of drug-likeness (QED) is 0.774. The van der Waals surface area contributed by atoms with Gasteiger partial charge in [0.05, 0.1) is 25.7 Å². The zero-order valence-corrected chi connectivity index (χ0v) is 12.9. The van der Waals surface area contributed by atoms with Crippen molar-refractivity contribution in [3.05, 3.63) is 35.4 Å². The van der Waals surface area contributed by atoms with E-state index in [1.54, 1.807) is 6.07 Å². The topological polar surface area (TPSA) is 97.6 Å². The molecule has 0 fully saturated rings. The van der Waals surface area contributed by atoms with Crippen LogP contribution in [0.4, 0.5) is 0 Å². The second-order valence-electron chi connectivity index (χ2n) is 5.69. The zero-order valence-electron chi connectivity index (χ0n) is 12.9. The molecular formula is C17H16O7. The minimum atomic E-state index is -0.936. The zero-order chi connectivity index (χ0) is 16.8. The highest BCUT2D eigenvalue weighted by molar-refractivity contribution is 5.56. The van der Waals surface area contributed by atoms with E-state index in [1.165, 1.54) is 25.3 Å². The molecule has 4 rings (SSSR count). The summed E-state index contributed by atoms with van der Waals surface area (Å²) in [5, 5.41) is 30.9. The van der Waals surface area contributed by atoms with Gasteiger partial charge in [-0.15, -0.1) is 0 Å². The Labute approximate surface area is 137 Å². The number of hydrogen-bond donors (Lipinski definition) is 3. The van der Waals surface area contributed by atoms with Gasteiger partial charge in [0.15, 0.2) is 23.0 Å². The molecule has 3 N–H and O–H groups in total. The second-order valence-corrected chi connectivity index (χ2v) is 5.69. The first-order chi connectivity index (χ1) is 11.6. The smallest absolute Gasteiger partial charge is 0.231 e. The highest BCUT2D eigenvalue weighted by Crippen LogP contribution is 2.48. The summed E-state index contributed by atoms with van der Waals surface area (Å²) in [4.78, 5) is 0. The van der Waals surface area contributed by atoms with Crippen molar-refractivity contribution in [3.8, 4) is 34.5 Å². The van der Waals surface area contributed by atoms with E-state index >= 15 is 0 Å². The first-order valence-corrected chi connectivity index (χ1v) is 7.42. The fraction of sp³-hybridized carbons (Fsp3) is 0.294. The van der Waals surface area contributed by atoms with Gasteiger partial charge in [-0.05, 0) is 12.1 Å². The molecule has 0 aromatic heterocycles. The lowest BCUT2D eigenvalue weighted by Gasteiger charge is -2.31. The van der Waals surface area contributed by atoms with Crippen molar-refractivity contribution in [1.29, 1.82) is 0 Å². The highest BCUT2D eigenvalue weighted by atomic mass is 16.7. The maximum atomic E-state index is 10.8. The number of methoxy groups -OCH3 is 1. The molecule has 0 aliphatic carbocycles. The number of phenols is 2. The number of aromatic hydroxyl groups is 2. The fourth-order valence-corrected chi connectivity index (χ4v) is 3.08. The Kier molecular flexibility index (Phi) is 3.31. The summed E-state index contributed by atoms with van der Waals surface area (Å²) in [7, 11) is 1.43. The maximum Gasteiger partial charge on any atom is 0.231 e. The van der Waals surface area contributed by atoms with Crippen LogP contribution in [0.25, 0.3) is 0 Å². The Bertz CT molecular complexity index is 802. The van der Waals surface area contributed by atoms with E-state index < -0.39 is 12.0 Å². The molecule has 2 heterocycles. The van der Waals surface area contributed by atoms with Gasteiger partial charge in [0.2, 0.25) is 6.79 Å². The largest absolute Gasteiger partial charge is 0.508 e. The lowest BCUT2D eigenvalue weighted by Crippen LogP contribution is -2.24. The van der Waals surface area contributed by atoms with Gasteiger partial charge in [0, 0.05) is 23.3 Å². The standard InChI is InChI=1S/C17H16O7/c1-21-14-3-9-13(5-12(14)19)22-6-10(17(9)20)8-2-15-16(4-11(8)18)24-7-23-15/h2-5,10,17-20H,6-7H2,1H3. The number of ether oxygens (including phenoxy) is 4. The van der Waals surface area contributed by atoms with Crippen molar-refractivity contribution in [1.82, 2.24) is 0 Å². The molecule has 126 valence electrons. The van der Waals surface area contributed by atoms with E-state index in [2.05, 4.69) is 0 Å². The molecule has 0 saturated heterocycles. The Morgan fingerprint density at radius 1 is 0.917 bits per heavy atom. The molecule has 2 unspecified atom stereocenters. The average Bonchev–Trinajstić information content (AvgIpc) is 3.01. The van der Waals surface area contributed by atoms with E-state index in [4.69, 9.17) is 18.9 Å². The highest BCUT2D eigenvalue weighted by Gasteiger charge is 2.34. The van der Waals surface area contributed by atoms with Gasteiger partial charge in [-0.3, -0.25) is 0 Å². The summed E-state index contributed by atoms with van der Waals surface area (Å²) in [6, 6.07) is 6.06. The number of fused-ring (bicyclic) bond motifs is 2. The van der Waals surface area contributed by atoms with Gasteiger partial charge in [0.25, 0.3) is 0 Å².